The lowest BCUT2D eigenvalue weighted by Crippen LogP contribution is -2.12. The second kappa shape index (κ2) is 3.81. The molecule has 2 rings (SSSR count). The molecule has 1 atom stereocenters. The number of benzene rings is 1. The van der Waals surface area contributed by atoms with Crippen LogP contribution in [0.5, 0.6) is 5.75 Å². The van der Waals surface area contributed by atoms with E-state index in [1.807, 2.05) is 0 Å². The van der Waals surface area contributed by atoms with Crippen LogP contribution in [0.3, 0.4) is 0 Å². The van der Waals surface area contributed by atoms with Gasteiger partial charge in [0.15, 0.2) is 11.6 Å². The molecule has 1 aromatic carbocycles. The maximum absolute atomic E-state index is 13.2. The van der Waals surface area contributed by atoms with Crippen LogP contribution in [0.4, 0.5) is 4.39 Å². The van der Waals surface area contributed by atoms with Gasteiger partial charge in [-0.05, 0) is 30.9 Å². The predicted molar refractivity (Wildman–Crippen MR) is 57.1 cm³/mol. The van der Waals surface area contributed by atoms with Gasteiger partial charge in [-0.3, -0.25) is 0 Å². The number of aromatic hydroxyl groups is 1. The van der Waals surface area contributed by atoms with Gasteiger partial charge in [0, 0.05) is 11.6 Å². The fraction of sp³-hybridized carbons (Fsp3) is 0.500. The van der Waals surface area contributed by atoms with Gasteiger partial charge >= 0.3 is 0 Å². The second-order valence-electron chi connectivity index (χ2n) is 4.47. The average molecular weight is 209 g/mol. The third-order valence-electron chi connectivity index (χ3n) is 2.92. The van der Waals surface area contributed by atoms with Crippen LogP contribution >= 0.6 is 0 Å². The number of halogens is 1. The molecule has 1 aromatic rings. The Balaban J connectivity index is 2.24. The Morgan fingerprint density at radius 3 is 2.80 bits per heavy atom. The van der Waals surface area contributed by atoms with Gasteiger partial charge in [-0.2, -0.15) is 0 Å². The van der Waals surface area contributed by atoms with E-state index in [-0.39, 0.29) is 11.8 Å². The quantitative estimate of drug-likeness (QED) is 0.803. The number of phenolic OH excluding ortho intramolecular Hbond substituents is 1. The summed E-state index contributed by atoms with van der Waals surface area (Å²) in [5, 5.41) is 9.57. The Kier molecular flexibility index (Phi) is 2.65. The number of rotatable bonds is 3. The molecule has 1 fully saturated rings. The standard InChI is InChI=1S/C12H16FNO/c1-7-4-9(12(15)10(13)5-7)11(14)6-8-2-3-8/h4-5,8,11,15H,2-3,6,14H2,1H3/t11-/m1/s1. The van der Waals surface area contributed by atoms with Crippen molar-refractivity contribution in [3.05, 3.63) is 29.1 Å². The fourth-order valence-electron chi connectivity index (χ4n) is 1.88. The molecular formula is C12H16FNO. The summed E-state index contributed by atoms with van der Waals surface area (Å²) in [6.45, 7) is 1.80. The zero-order valence-electron chi connectivity index (χ0n) is 8.83. The number of hydrogen-bond donors (Lipinski definition) is 2. The van der Waals surface area contributed by atoms with Crippen LogP contribution in [0.1, 0.15) is 36.4 Å². The summed E-state index contributed by atoms with van der Waals surface area (Å²) in [7, 11) is 0. The molecule has 0 unspecified atom stereocenters. The Bertz CT molecular complexity index is 374. The van der Waals surface area contributed by atoms with Gasteiger partial charge in [0.05, 0.1) is 0 Å². The van der Waals surface area contributed by atoms with Gasteiger partial charge in [0.2, 0.25) is 0 Å². The molecule has 0 radical (unpaired) electrons. The van der Waals surface area contributed by atoms with Crippen molar-refractivity contribution in [3.63, 3.8) is 0 Å². The molecule has 0 aliphatic heterocycles. The van der Waals surface area contributed by atoms with Gasteiger partial charge in [0.25, 0.3) is 0 Å². The highest BCUT2D eigenvalue weighted by Crippen LogP contribution is 2.39. The van der Waals surface area contributed by atoms with Crippen molar-refractivity contribution in [2.24, 2.45) is 11.7 Å². The SMILES string of the molecule is Cc1cc(F)c(O)c([C@H](N)CC2CC2)c1. The minimum atomic E-state index is -0.573. The van der Waals surface area contributed by atoms with Crippen LogP contribution < -0.4 is 5.73 Å². The Hall–Kier alpha value is -1.09. The molecule has 0 saturated heterocycles. The van der Waals surface area contributed by atoms with Crippen molar-refractivity contribution >= 4 is 0 Å². The first-order valence-corrected chi connectivity index (χ1v) is 5.32. The lowest BCUT2D eigenvalue weighted by Gasteiger charge is -2.14. The average Bonchev–Trinajstić information content (AvgIpc) is 2.94. The molecular weight excluding hydrogens is 193 g/mol. The minimum absolute atomic E-state index is 0.244. The van der Waals surface area contributed by atoms with Gasteiger partial charge in [-0.1, -0.05) is 18.9 Å². The molecule has 15 heavy (non-hydrogen) atoms. The lowest BCUT2D eigenvalue weighted by atomic mass is 9.99. The monoisotopic (exact) mass is 209 g/mol. The molecule has 3 heteroatoms. The fourth-order valence-corrected chi connectivity index (χ4v) is 1.88. The molecule has 2 nitrogen and oxygen atoms in total. The topological polar surface area (TPSA) is 46.2 Å². The molecule has 1 aliphatic carbocycles. The Morgan fingerprint density at radius 1 is 1.53 bits per heavy atom. The van der Waals surface area contributed by atoms with Gasteiger partial charge in [0.1, 0.15) is 0 Å². The first-order chi connectivity index (χ1) is 7.08. The van der Waals surface area contributed by atoms with Crippen LogP contribution in [0, 0.1) is 18.7 Å². The van der Waals surface area contributed by atoms with E-state index in [9.17, 15) is 9.50 Å². The largest absolute Gasteiger partial charge is 0.505 e. The van der Waals surface area contributed by atoms with E-state index in [2.05, 4.69) is 0 Å². The van der Waals surface area contributed by atoms with Gasteiger partial charge < -0.3 is 10.8 Å². The molecule has 0 amide bonds. The maximum atomic E-state index is 13.2. The van der Waals surface area contributed by atoms with Crippen LogP contribution in [0.15, 0.2) is 12.1 Å². The molecule has 82 valence electrons. The van der Waals surface area contributed by atoms with Crippen molar-refractivity contribution < 1.29 is 9.50 Å². The van der Waals surface area contributed by atoms with E-state index in [1.54, 1.807) is 13.0 Å². The van der Waals surface area contributed by atoms with Crippen molar-refractivity contribution in [2.45, 2.75) is 32.2 Å². The molecule has 3 N–H and O–H groups in total. The first kappa shape index (κ1) is 10.4. The zero-order chi connectivity index (χ0) is 11.0. The van der Waals surface area contributed by atoms with Crippen LogP contribution in [0.25, 0.3) is 0 Å². The second-order valence-corrected chi connectivity index (χ2v) is 4.47. The maximum Gasteiger partial charge on any atom is 0.165 e. The van der Waals surface area contributed by atoms with E-state index in [0.29, 0.717) is 11.5 Å². The van der Waals surface area contributed by atoms with E-state index >= 15 is 0 Å². The summed E-state index contributed by atoms with van der Waals surface area (Å²) in [5.41, 5.74) is 7.29. The summed E-state index contributed by atoms with van der Waals surface area (Å²) < 4.78 is 13.2. The highest BCUT2D eigenvalue weighted by molar-refractivity contribution is 5.39. The van der Waals surface area contributed by atoms with Gasteiger partial charge in [-0.25, -0.2) is 4.39 Å². The predicted octanol–water partition coefficient (Wildman–Crippen LogP) is 2.64. The molecule has 0 heterocycles. The highest BCUT2D eigenvalue weighted by atomic mass is 19.1. The van der Waals surface area contributed by atoms with Crippen LogP contribution in [-0.4, -0.2) is 5.11 Å². The molecule has 1 saturated carbocycles. The molecule has 0 aromatic heterocycles. The number of aryl methyl sites for hydroxylation is 1. The van der Waals surface area contributed by atoms with Crippen molar-refractivity contribution in [2.75, 3.05) is 0 Å². The van der Waals surface area contributed by atoms with E-state index in [1.165, 1.54) is 18.9 Å². The van der Waals surface area contributed by atoms with E-state index < -0.39 is 5.82 Å². The first-order valence-electron chi connectivity index (χ1n) is 5.32. The Morgan fingerprint density at radius 2 is 2.20 bits per heavy atom. The molecule has 0 bridgehead atoms. The summed E-state index contributed by atoms with van der Waals surface area (Å²) in [5.74, 6) is -0.187. The Labute approximate surface area is 88.9 Å². The smallest absolute Gasteiger partial charge is 0.165 e. The highest BCUT2D eigenvalue weighted by Gasteiger charge is 2.26. The van der Waals surface area contributed by atoms with Crippen molar-refractivity contribution in [1.82, 2.24) is 0 Å². The number of phenols is 1. The lowest BCUT2D eigenvalue weighted by molar-refractivity contribution is 0.416. The normalized spacial score (nSPS) is 17.8. The number of nitrogens with two attached hydrogens (primary N) is 1. The molecule has 1 aliphatic rings. The van der Waals surface area contributed by atoms with Gasteiger partial charge in [-0.15, -0.1) is 0 Å². The summed E-state index contributed by atoms with van der Waals surface area (Å²) in [6, 6.07) is 2.85. The van der Waals surface area contributed by atoms with E-state index in [0.717, 1.165) is 12.0 Å². The third-order valence-corrected chi connectivity index (χ3v) is 2.92. The summed E-state index contributed by atoms with van der Waals surface area (Å²) in [4.78, 5) is 0. The van der Waals surface area contributed by atoms with Crippen molar-refractivity contribution in [3.8, 4) is 5.75 Å². The zero-order valence-corrected chi connectivity index (χ0v) is 8.83. The summed E-state index contributed by atoms with van der Waals surface area (Å²) in [6.07, 6.45) is 3.27. The van der Waals surface area contributed by atoms with E-state index in [4.69, 9.17) is 5.73 Å². The number of hydrogen-bond acceptors (Lipinski definition) is 2. The van der Waals surface area contributed by atoms with Crippen LogP contribution in [-0.2, 0) is 0 Å². The van der Waals surface area contributed by atoms with Crippen molar-refractivity contribution in [1.29, 1.82) is 0 Å². The summed E-state index contributed by atoms with van der Waals surface area (Å²) >= 11 is 0. The third kappa shape index (κ3) is 2.29. The minimum Gasteiger partial charge on any atom is -0.505 e. The molecule has 0 spiro atoms. The van der Waals surface area contributed by atoms with Crippen LogP contribution in [0.2, 0.25) is 0 Å².